The van der Waals surface area contributed by atoms with Gasteiger partial charge in [-0.2, -0.15) is 0 Å². The fourth-order valence-electron chi connectivity index (χ4n) is 1.90. The number of nitrogens with zero attached hydrogens (tertiary/aromatic N) is 3. The van der Waals surface area contributed by atoms with Crippen LogP contribution in [0.15, 0.2) is 0 Å². The van der Waals surface area contributed by atoms with Gasteiger partial charge in [0.15, 0.2) is 0 Å². The maximum atomic E-state index is 11.8. The number of urea groups is 1. The average molecular weight is 258 g/mol. The largest absolute Gasteiger partial charge is 0.392 e. The lowest BCUT2D eigenvalue weighted by Gasteiger charge is -2.43. The van der Waals surface area contributed by atoms with Gasteiger partial charge in [0.05, 0.1) is 10.5 Å². The van der Waals surface area contributed by atoms with E-state index in [9.17, 15) is 4.79 Å². The molecule has 98 valence electrons. The van der Waals surface area contributed by atoms with Gasteiger partial charge in [0.1, 0.15) is 0 Å². The van der Waals surface area contributed by atoms with Crippen LogP contribution >= 0.6 is 12.2 Å². The minimum atomic E-state index is -0.275. The summed E-state index contributed by atoms with van der Waals surface area (Å²) in [6.07, 6.45) is 0. The van der Waals surface area contributed by atoms with Crippen molar-refractivity contribution in [1.29, 1.82) is 0 Å². The number of amides is 2. The van der Waals surface area contributed by atoms with Gasteiger partial charge in [0.2, 0.25) is 0 Å². The molecule has 1 aliphatic heterocycles. The molecule has 1 aliphatic rings. The smallest absolute Gasteiger partial charge is 0.319 e. The minimum Gasteiger partial charge on any atom is -0.392 e. The molecule has 5 nitrogen and oxygen atoms in total. The van der Waals surface area contributed by atoms with Crippen LogP contribution < -0.4 is 5.73 Å². The quantitative estimate of drug-likeness (QED) is 0.726. The Morgan fingerprint density at radius 2 is 1.71 bits per heavy atom. The second kappa shape index (κ2) is 5.18. The van der Waals surface area contributed by atoms with Crippen molar-refractivity contribution in [2.45, 2.75) is 19.4 Å². The minimum absolute atomic E-state index is 0.0674. The van der Waals surface area contributed by atoms with Gasteiger partial charge in [-0.3, -0.25) is 4.90 Å². The Morgan fingerprint density at radius 1 is 1.24 bits per heavy atom. The second-order valence-corrected chi connectivity index (χ2v) is 5.51. The van der Waals surface area contributed by atoms with Crippen LogP contribution in [0.1, 0.15) is 13.8 Å². The number of rotatable bonds is 2. The van der Waals surface area contributed by atoms with Gasteiger partial charge in [-0.1, -0.05) is 12.2 Å². The summed E-state index contributed by atoms with van der Waals surface area (Å²) in [5, 5.41) is 0. The zero-order chi connectivity index (χ0) is 13.2. The molecule has 1 saturated heterocycles. The van der Waals surface area contributed by atoms with Gasteiger partial charge in [-0.05, 0) is 13.8 Å². The van der Waals surface area contributed by atoms with Crippen LogP contribution in [0, 0.1) is 0 Å². The van der Waals surface area contributed by atoms with Gasteiger partial charge in [0, 0.05) is 40.3 Å². The summed E-state index contributed by atoms with van der Waals surface area (Å²) < 4.78 is 0. The predicted octanol–water partition coefficient (Wildman–Crippen LogP) is 0.350. The van der Waals surface area contributed by atoms with Crippen molar-refractivity contribution in [2.75, 3.05) is 40.3 Å². The van der Waals surface area contributed by atoms with Crippen molar-refractivity contribution in [3.05, 3.63) is 0 Å². The fraction of sp³-hybridized carbons (Fsp3) is 0.818. The first-order valence-electron chi connectivity index (χ1n) is 5.78. The molecule has 1 fully saturated rings. The van der Waals surface area contributed by atoms with Crippen molar-refractivity contribution in [1.82, 2.24) is 14.7 Å². The summed E-state index contributed by atoms with van der Waals surface area (Å²) in [5.74, 6) is 0. The number of carbonyl (C=O) groups is 1. The Hall–Kier alpha value is -0.880. The highest BCUT2D eigenvalue weighted by atomic mass is 32.1. The number of hydrogen-bond donors (Lipinski definition) is 1. The molecule has 2 amide bonds. The zero-order valence-electron chi connectivity index (χ0n) is 11.1. The van der Waals surface area contributed by atoms with Crippen LogP contribution in [0.5, 0.6) is 0 Å². The molecule has 6 heteroatoms. The Kier molecular flexibility index (Phi) is 4.32. The lowest BCUT2D eigenvalue weighted by molar-refractivity contribution is 0.0892. The summed E-state index contributed by atoms with van der Waals surface area (Å²) in [6.45, 7) is 7.12. The van der Waals surface area contributed by atoms with Crippen LogP contribution in [0.25, 0.3) is 0 Å². The summed E-state index contributed by atoms with van der Waals surface area (Å²) >= 11 is 5.08. The topological polar surface area (TPSA) is 52.8 Å². The van der Waals surface area contributed by atoms with Crippen molar-refractivity contribution >= 4 is 23.2 Å². The zero-order valence-corrected chi connectivity index (χ0v) is 11.9. The van der Waals surface area contributed by atoms with E-state index in [1.165, 1.54) is 0 Å². The van der Waals surface area contributed by atoms with Gasteiger partial charge >= 0.3 is 6.03 Å². The maximum absolute atomic E-state index is 11.8. The van der Waals surface area contributed by atoms with E-state index in [0.717, 1.165) is 26.2 Å². The average Bonchev–Trinajstić information content (AvgIpc) is 2.27. The number of hydrogen-bond acceptors (Lipinski definition) is 3. The van der Waals surface area contributed by atoms with E-state index in [1.807, 2.05) is 18.7 Å². The molecular formula is C11H22N4OS. The van der Waals surface area contributed by atoms with Crippen LogP contribution in [-0.4, -0.2) is 71.5 Å². The van der Waals surface area contributed by atoms with Gasteiger partial charge in [0.25, 0.3) is 0 Å². The van der Waals surface area contributed by atoms with E-state index in [2.05, 4.69) is 4.90 Å². The van der Waals surface area contributed by atoms with Gasteiger partial charge < -0.3 is 15.5 Å². The first kappa shape index (κ1) is 14.2. The molecule has 1 heterocycles. The third kappa shape index (κ3) is 3.07. The predicted molar refractivity (Wildman–Crippen MR) is 73.1 cm³/mol. The number of piperazine rings is 1. The molecule has 0 radical (unpaired) electrons. The SMILES string of the molecule is CN(C)C(=O)N1CCN(C(C)(C)C(N)=S)CC1. The molecule has 0 bridgehead atoms. The highest BCUT2D eigenvalue weighted by Gasteiger charge is 2.33. The summed E-state index contributed by atoms with van der Waals surface area (Å²) in [6, 6.07) is 0.0674. The number of thiocarbonyl (C=S) groups is 1. The standard InChI is InChI=1S/C11H22N4OS/c1-11(2,9(12)17)15-7-5-14(6-8-15)10(16)13(3)4/h5-8H2,1-4H3,(H2,12,17). The lowest BCUT2D eigenvalue weighted by atomic mass is 10.0. The number of nitrogens with two attached hydrogens (primary N) is 1. The van der Waals surface area contributed by atoms with Crippen LogP contribution in [-0.2, 0) is 0 Å². The highest BCUT2D eigenvalue weighted by molar-refractivity contribution is 7.80. The molecule has 0 aromatic heterocycles. The van der Waals surface area contributed by atoms with Crippen LogP contribution in [0.3, 0.4) is 0 Å². The molecule has 0 aromatic rings. The number of carbonyl (C=O) groups excluding carboxylic acids is 1. The Balaban J connectivity index is 2.57. The Morgan fingerprint density at radius 3 is 2.06 bits per heavy atom. The Labute approximate surface area is 109 Å². The fourth-order valence-corrected chi connectivity index (χ4v) is 2.02. The molecule has 0 spiro atoms. The highest BCUT2D eigenvalue weighted by Crippen LogP contribution is 2.17. The first-order valence-corrected chi connectivity index (χ1v) is 6.19. The van der Waals surface area contributed by atoms with Gasteiger partial charge in [-0.15, -0.1) is 0 Å². The lowest BCUT2D eigenvalue weighted by Crippen LogP contribution is -2.60. The van der Waals surface area contributed by atoms with Crippen molar-refractivity contribution in [3.63, 3.8) is 0 Å². The van der Waals surface area contributed by atoms with Crippen molar-refractivity contribution < 1.29 is 4.79 Å². The molecule has 1 rings (SSSR count). The van der Waals surface area contributed by atoms with Crippen LogP contribution in [0.4, 0.5) is 4.79 Å². The summed E-state index contributed by atoms with van der Waals surface area (Å²) in [5.41, 5.74) is 5.47. The third-order valence-electron chi connectivity index (χ3n) is 3.33. The Bertz CT molecular complexity index is 309. The van der Waals surface area contributed by atoms with E-state index in [1.54, 1.807) is 19.0 Å². The molecule has 0 aromatic carbocycles. The third-order valence-corrected chi connectivity index (χ3v) is 3.83. The van der Waals surface area contributed by atoms with E-state index in [0.29, 0.717) is 4.99 Å². The molecule has 0 saturated carbocycles. The van der Waals surface area contributed by atoms with Crippen molar-refractivity contribution in [3.8, 4) is 0 Å². The molecule has 0 aliphatic carbocycles. The van der Waals surface area contributed by atoms with Gasteiger partial charge in [-0.25, -0.2) is 4.79 Å². The monoisotopic (exact) mass is 258 g/mol. The van der Waals surface area contributed by atoms with E-state index in [-0.39, 0.29) is 11.6 Å². The molecule has 0 atom stereocenters. The molecule has 17 heavy (non-hydrogen) atoms. The maximum Gasteiger partial charge on any atom is 0.319 e. The molecule has 0 unspecified atom stereocenters. The summed E-state index contributed by atoms with van der Waals surface area (Å²) in [7, 11) is 3.54. The summed E-state index contributed by atoms with van der Waals surface area (Å²) in [4.78, 5) is 18.0. The normalized spacial score (nSPS) is 18.0. The molecular weight excluding hydrogens is 236 g/mol. The van der Waals surface area contributed by atoms with Crippen molar-refractivity contribution in [2.24, 2.45) is 5.73 Å². The van der Waals surface area contributed by atoms with E-state index >= 15 is 0 Å². The van der Waals surface area contributed by atoms with Crippen LogP contribution in [0.2, 0.25) is 0 Å². The van der Waals surface area contributed by atoms with E-state index < -0.39 is 0 Å². The van der Waals surface area contributed by atoms with E-state index in [4.69, 9.17) is 18.0 Å². The second-order valence-electron chi connectivity index (χ2n) is 5.07. The molecule has 2 N–H and O–H groups in total. The first-order chi connectivity index (χ1) is 7.76.